The van der Waals surface area contributed by atoms with Crippen molar-refractivity contribution in [3.05, 3.63) is 77.0 Å². The quantitative estimate of drug-likeness (QED) is 0.609. The van der Waals surface area contributed by atoms with Gasteiger partial charge in [-0.3, -0.25) is 4.79 Å². The molecule has 1 aromatic heterocycles. The van der Waals surface area contributed by atoms with E-state index in [1.54, 1.807) is 23.6 Å². The van der Waals surface area contributed by atoms with E-state index in [4.69, 9.17) is 10.5 Å². The molecule has 1 atom stereocenters. The van der Waals surface area contributed by atoms with Crippen molar-refractivity contribution in [1.29, 1.82) is 0 Å². The Morgan fingerprint density at radius 1 is 1.24 bits per heavy atom. The van der Waals surface area contributed by atoms with Crippen LogP contribution in [0.15, 0.2) is 71.0 Å². The minimum atomic E-state index is -0.498. The number of carbonyl (C=O) groups is 1. The van der Waals surface area contributed by atoms with E-state index < -0.39 is 11.9 Å². The molecule has 0 saturated carbocycles. The van der Waals surface area contributed by atoms with Crippen LogP contribution in [-0.2, 0) is 10.5 Å². The Morgan fingerprint density at radius 3 is 2.76 bits per heavy atom. The number of anilines is 1. The van der Waals surface area contributed by atoms with Crippen LogP contribution in [0.3, 0.4) is 0 Å². The molecular weight excluding hydrogens is 386 g/mol. The van der Waals surface area contributed by atoms with Gasteiger partial charge in [0.25, 0.3) is 0 Å². The minimum absolute atomic E-state index is 0.454. The molecule has 0 radical (unpaired) electrons. The van der Waals surface area contributed by atoms with Crippen LogP contribution >= 0.6 is 11.8 Å². The standard InChI is InChI=1S/C21H21N5O2S/c1-13-17(19(22)27)18(15-9-6-10-16(11-15)28-2)26-20(23-13)24-21(25-26)29-12-14-7-4-3-5-8-14/h3-11,18H,12H2,1-2H3,(H2,22,27)(H,23,24,25). The molecule has 3 N–H and O–H groups in total. The number of carbonyl (C=O) groups excluding carboxylic acids is 1. The molecule has 1 aliphatic heterocycles. The number of ether oxygens (including phenoxy) is 1. The first-order chi connectivity index (χ1) is 14.1. The Kier molecular flexibility index (Phi) is 5.26. The summed E-state index contributed by atoms with van der Waals surface area (Å²) in [5.41, 5.74) is 8.89. The van der Waals surface area contributed by atoms with E-state index in [9.17, 15) is 4.79 Å². The van der Waals surface area contributed by atoms with Gasteiger partial charge in [-0.05, 0) is 30.2 Å². The molecule has 2 heterocycles. The maximum absolute atomic E-state index is 12.3. The largest absolute Gasteiger partial charge is 0.497 e. The number of hydrogen-bond donors (Lipinski definition) is 2. The van der Waals surface area contributed by atoms with Gasteiger partial charge in [0, 0.05) is 11.4 Å². The number of nitrogens with one attached hydrogen (secondary N) is 1. The lowest BCUT2D eigenvalue weighted by molar-refractivity contribution is -0.115. The number of amides is 1. The van der Waals surface area contributed by atoms with Crippen molar-refractivity contribution in [3.63, 3.8) is 0 Å². The monoisotopic (exact) mass is 407 g/mol. The van der Waals surface area contributed by atoms with Crippen molar-refractivity contribution >= 4 is 23.6 Å². The smallest absolute Gasteiger partial charge is 0.248 e. The predicted octanol–water partition coefficient (Wildman–Crippen LogP) is 3.35. The SMILES string of the molecule is COc1cccc(C2C(C(N)=O)=C(C)Nc3nc(SCc4ccccc4)nn32)c1. The van der Waals surface area contributed by atoms with Crippen molar-refractivity contribution < 1.29 is 9.53 Å². The topological polar surface area (TPSA) is 95.1 Å². The average molecular weight is 407 g/mol. The number of aromatic nitrogens is 3. The van der Waals surface area contributed by atoms with Crippen LogP contribution in [0.2, 0.25) is 0 Å². The summed E-state index contributed by atoms with van der Waals surface area (Å²) >= 11 is 1.54. The summed E-state index contributed by atoms with van der Waals surface area (Å²) in [7, 11) is 1.61. The van der Waals surface area contributed by atoms with Gasteiger partial charge in [-0.1, -0.05) is 54.2 Å². The van der Waals surface area contributed by atoms with Crippen molar-refractivity contribution in [2.45, 2.75) is 23.9 Å². The van der Waals surface area contributed by atoms with E-state index in [0.717, 1.165) is 11.3 Å². The first-order valence-electron chi connectivity index (χ1n) is 9.11. The Bertz CT molecular complexity index is 1080. The average Bonchev–Trinajstić information content (AvgIpc) is 3.14. The van der Waals surface area contributed by atoms with Gasteiger partial charge in [-0.2, -0.15) is 4.98 Å². The van der Waals surface area contributed by atoms with Gasteiger partial charge in [0.1, 0.15) is 11.8 Å². The van der Waals surface area contributed by atoms with Gasteiger partial charge >= 0.3 is 0 Å². The number of thioether (sulfide) groups is 1. The second-order valence-corrected chi connectivity index (χ2v) is 7.59. The molecule has 0 saturated heterocycles. The zero-order chi connectivity index (χ0) is 20.4. The maximum Gasteiger partial charge on any atom is 0.248 e. The Hall–Kier alpha value is -3.26. The summed E-state index contributed by atoms with van der Waals surface area (Å²) in [6, 6.07) is 17.2. The lowest BCUT2D eigenvalue weighted by Crippen LogP contribution is -2.31. The maximum atomic E-state index is 12.3. The number of allylic oxidation sites excluding steroid dienone is 1. The molecule has 8 heteroatoms. The molecule has 2 aromatic carbocycles. The Morgan fingerprint density at radius 2 is 2.03 bits per heavy atom. The van der Waals surface area contributed by atoms with E-state index in [-0.39, 0.29) is 0 Å². The summed E-state index contributed by atoms with van der Waals surface area (Å²) in [4.78, 5) is 16.9. The third-order valence-corrected chi connectivity index (χ3v) is 5.63. The molecule has 1 unspecified atom stereocenters. The van der Waals surface area contributed by atoms with Crippen LogP contribution in [0.5, 0.6) is 5.75 Å². The number of primary amides is 1. The molecule has 29 heavy (non-hydrogen) atoms. The summed E-state index contributed by atoms with van der Waals surface area (Å²) < 4.78 is 7.07. The molecule has 0 bridgehead atoms. The Labute approximate surface area is 173 Å². The van der Waals surface area contributed by atoms with Gasteiger partial charge in [0.2, 0.25) is 17.0 Å². The fraction of sp³-hybridized carbons (Fsp3) is 0.190. The molecule has 3 aromatic rings. The highest BCUT2D eigenvalue weighted by molar-refractivity contribution is 7.98. The normalized spacial score (nSPS) is 15.6. The zero-order valence-corrected chi connectivity index (χ0v) is 16.9. The second kappa shape index (κ2) is 8.00. The number of benzene rings is 2. The van der Waals surface area contributed by atoms with Gasteiger partial charge in [-0.15, -0.1) is 5.10 Å². The summed E-state index contributed by atoms with van der Waals surface area (Å²) in [5, 5.41) is 8.46. The molecule has 1 amide bonds. The van der Waals surface area contributed by atoms with Crippen LogP contribution in [0.1, 0.15) is 24.1 Å². The zero-order valence-electron chi connectivity index (χ0n) is 16.1. The van der Waals surface area contributed by atoms with Gasteiger partial charge in [0.05, 0.1) is 12.7 Å². The first kappa shape index (κ1) is 19.1. The summed E-state index contributed by atoms with van der Waals surface area (Å²) in [5.74, 6) is 1.53. The van der Waals surface area contributed by atoms with Crippen molar-refractivity contribution in [3.8, 4) is 5.75 Å². The predicted molar refractivity (Wildman–Crippen MR) is 113 cm³/mol. The highest BCUT2D eigenvalue weighted by Gasteiger charge is 2.33. The molecule has 0 fully saturated rings. The summed E-state index contributed by atoms with van der Waals surface area (Å²) in [6.45, 7) is 1.82. The van der Waals surface area contributed by atoms with E-state index >= 15 is 0 Å². The van der Waals surface area contributed by atoms with Crippen LogP contribution in [0.25, 0.3) is 0 Å². The lowest BCUT2D eigenvalue weighted by atomic mass is 9.95. The Balaban J connectivity index is 1.71. The number of nitrogens with zero attached hydrogens (tertiary/aromatic N) is 3. The molecule has 0 aliphatic carbocycles. The van der Waals surface area contributed by atoms with Crippen molar-refractivity contribution in [2.24, 2.45) is 5.73 Å². The molecular formula is C21H21N5O2S. The van der Waals surface area contributed by atoms with E-state index in [0.29, 0.717) is 28.1 Å². The number of rotatable bonds is 6. The van der Waals surface area contributed by atoms with Crippen LogP contribution in [-0.4, -0.2) is 27.8 Å². The highest BCUT2D eigenvalue weighted by atomic mass is 32.2. The van der Waals surface area contributed by atoms with E-state index in [1.165, 1.54) is 5.56 Å². The number of methoxy groups -OCH3 is 1. The molecule has 148 valence electrons. The third kappa shape index (κ3) is 3.84. The van der Waals surface area contributed by atoms with Crippen molar-refractivity contribution in [1.82, 2.24) is 14.8 Å². The third-order valence-electron chi connectivity index (χ3n) is 4.72. The molecule has 0 spiro atoms. The van der Waals surface area contributed by atoms with Gasteiger partial charge < -0.3 is 15.8 Å². The molecule has 7 nitrogen and oxygen atoms in total. The van der Waals surface area contributed by atoms with Gasteiger partial charge in [0.15, 0.2) is 0 Å². The number of fused-ring (bicyclic) bond motifs is 1. The lowest BCUT2D eigenvalue weighted by Gasteiger charge is -2.27. The number of nitrogens with two attached hydrogens (primary N) is 1. The van der Waals surface area contributed by atoms with E-state index in [1.807, 2.05) is 49.4 Å². The summed E-state index contributed by atoms with van der Waals surface area (Å²) in [6.07, 6.45) is 0. The first-order valence-corrected chi connectivity index (χ1v) is 10.1. The van der Waals surface area contributed by atoms with Gasteiger partial charge in [-0.25, -0.2) is 4.68 Å². The van der Waals surface area contributed by atoms with Crippen LogP contribution in [0.4, 0.5) is 5.95 Å². The highest BCUT2D eigenvalue weighted by Crippen LogP contribution is 2.37. The second-order valence-electron chi connectivity index (χ2n) is 6.64. The molecule has 4 rings (SSSR count). The van der Waals surface area contributed by atoms with Crippen molar-refractivity contribution in [2.75, 3.05) is 12.4 Å². The van der Waals surface area contributed by atoms with E-state index in [2.05, 4.69) is 27.5 Å². The number of hydrogen-bond acceptors (Lipinski definition) is 6. The fourth-order valence-electron chi connectivity index (χ4n) is 3.35. The fourth-order valence-corrected chi connectivity index (χ4v) is 4.14. The minimum Gasteiger partial charge on any atom is -0.497 e. The van der Waals surface area contributed by atoms with Crippen LogP contribution < -0.4 is 15.8 Å². The van der Waals surface area contributed by atoms with Crippen LogP contribution in [0, 0.1) is 0 Å². The molecule has 1 aliphatic rings.